The van der Waals surface area contributed by atoms with Gasteiger partial charge in [0, 0.05) is 11.5 Å². The number of nitrogens with one attached hydrogen (secondary N) is 1. The van der Waals surface area contributed by atoms with Gasteiger partial charge in [-0.15, -0.1) is 0 Å². The molecule has 1 aromatic carbocycles. The van der Waals surface area contributed by atoms with Gasteiger partial charge in [0.05, 0.1) is 12.1 Å². The normalized spacial score (nSPS) is 11.2. The van der Waals surface area contributed by atoms with Crippen molar-refractivity contribution < 1.29 is 9.53 Å². The first-order valence-corrected chi connectivity index (χ1v) is 6.99. The summed E-state index contributed by atoms with van der Waals surface area (Å²) in [6.07, 6.45) is 0. The first-order valence-electron chi connectivity index (χ1n) is 6.19. The van der Waals surface area contributed by atoms with Gasteiger partial charge < -0.3 is 15.0 Å². The molecular weight excluding hydrogens is 308 g/mol. The lowest BCUT2D eigenvalue weighted by atomic mass is 10.0. The maximum atomic E-state index is 12.1. The molecule has 1 amide bonds. The summed E-state index contributed by atoms with van der Waals surface area (Å²) in [5, 5.41) is 3.00. The third-order valence-corrected chi connectivity index (χ3v) is 3.54. The molecule has 0 heterocycles. The Morgan fingerprint density at radius 3 is 2.47 bits per heavy atom. The van der Waals surface area contributed by atoms with Crippen molar-refractivity contribution in [3.05, 3.63) is 28.7 Å². The molecule has 0 fully saturated rings. The molecule has 1 aromatic rings. The van der Waals surface area contributed by atoms with Crippen LogP contribution < -0.4 is 10.1 Å². The zero-order valence-corrected chi connectivity index (χ0v) is 13.5. The van der Waals surface area contributed by atoms with Gasteiger partial charge in [0.25, 0.3) is 0 Å². The minimum absolute atomic E-state index is 0.0504. The lowest BCUT2D eigenvalue weighted by molar-refractivity contribution is -0.135. The summed E-state index contributed by atoms with van der Waals surface area (Å²) in [5.41, 5.74) is -0.549. The molecule has 106 valence electrons. The van der Waals surface area contributed by atoms with Gasteiger partial charge in [-0.05, 0) is 45.2 Å². The molecule has 5 heteroatoms. The maximum absolute atomic E-state index is 12.1. The van der Waals surface area contributed by atoms with E-state index in [1.54, 1.807) is 19.0 Å². The number of ether oxygens (including phenoxy) is 1. The Balaban J connectivity index is 2.40. The van der Waals surface area contributed by atoms with Crippen LogP contribution in [0, 0.1) is 0 Å². The minimum atomic E-state index is -0.549. The van der Waals surface area contributed by atoms with Crippen molar-refractivity contribution >= 4 is 21.8 Å². The molecule has 0 spiro atoms. The predicted molar refractivity (Wildman–Crippen MR) is 80.4 cm³/mol. The average Bonchev–Trinajstić information content (AvgIpc) is 2.40. The number of carbonyl (C=O) groups excluding carboxylic acids is 1. The summed E-state index contributed by atoms with van der Waals surface area (Å²) in [6.45, 7) is 4.76. The standard InChI is InChI=1S/C14H21BrN2O2/c1-14(2,16-3)13(18)17(4)9-10-19-12-7-5-11(15)6-8-12/h5-8,16H,9-10H2,1-4H3. The van der Waals surface area contributed by atoms with Gasteiger partial charge in [-0.2, -0.15) is 0 Å². The number of halogens is 1. The van der Waals surface area contributed by atoms with Crippen molar-refractivity contribution in [3.63, 3.8) is 0 Å². The Labute approximate surface area is 123 Å². The molecular formula is C14H21BrN2O2. The van der Waals surface area contributed by atoms with E-state index in [9.17, 15) is 4.79 Å². The topological polar surface area (TPSA) is 41.6 Å². The minimum Gasteiger partial charge on any atom is -0.492 e. The van der Waals surface area contributed by atoms with Crippen LogP contribution in [0.25, 0.3) is 0 Å². The monoisotopic (exact) mass is 328 g/mol. The highest BCUT2D eigenvalue weighted by molar-refractivity contribution is 9.10. The maximum Gasteiger partial charge on any atom is 0.242 e. The molecule has 0 unspecified atom stereocenters. The summed E-state index contributed by atoms with van der Waals surface area (Å²) in [7, 11) is 3.57. The van der Waals surface area contributed by atoms with Crippen LogP contribution in [0.1, 0.15) is 13.8 Å². The molecule has 1 N–H and O–H groups in total. The number of hydrogen-bond acceptors (Lipinski definition) is 3. The van der Waals surface area contributed by atoms with Crippen LogP contribution in [-0.4, -0.2) is 43.6 Å². The number of benzene rings is 1. The quantitative estimate of drug-likeness (QED) is 0.871. The summed E-state index contributed by atoms with van der Waals surface area (Å²) < 4.78 is 6.61. The number of rotatable bonds is 6. The molecule has 19 heavy (non-hydrogen) atoms. The summed E-state index contributed by atoms with van der Waals surface area (Å²) >= 11 is 3.37. The second-order valence-electron chi connectivity index (χ2n) is 4.90. The number of amides is 1. The fourth-order valence-corrected chi connectivity index (χ4v) is 1.78. The second-order valence-corrected chi connectivity index (χ2v) is 5.82. The van der Waals surface area contributed by atoms with Crippen molar-refractivity contribution in [1.82, 2.24) is 10.2 Å². The van der Waals surface area contributed by atoms with Gasteiger partial charge in [0.15, 0.2) is 0 Å². The van der Waals surface area contributed by atoms with Gasteiger partial charge in [0.1, 0.15) is 12.4 Å². The largest absolute Gasteiger partial charge is 0.492 e. The van der Waals surface area contributed by atoms with Crippen LogP contribution in [0.2, 0.25) is 0 Å². The Morgan fingerprint density at radius 1 is 1.37 bits per heavy atom. The summed E-state index contributed by atoms with van der Waals surface area (Å²) in [6, 6.07) is 7.63. The predicted octanol–water partition coefficient (Wildman–Crippen LogP) is 2.28. The lowest BCUT2D eigenvalue weighted by Crippen LogP contribution is -2.52. The molecule has 0 atom stereocenters. The van der Waals surface area contributed by atoms with Crippen LogP contribution in [0.4, 0.5) is 0 Å². The van der Waals surface area contributed by atoms with Gasteiger partial charge in [0.2, 0.25) is 5.91 Å². The number of likely N-dealkylation sites (N-methyl/N-ethyl adjacent to an activating group) is 2. The Kier molecular flexibility index (Phi) is 5.82. The zero-order chi connectivity index (χ0) is 14.5. The van der Waals surface area contributed by atoms with Crippen molar-refractivity contribution in [1.29, 1.82) is 0 Å². The van der Waals surface area contributed by atoms with Crippen LogP contribution in [0.15, 0.2) is 28.7 Å². The Hall–Kier alpha value is -1.07. The van der Waals surface area contributed by atoms with E-state index in [1.165, 1.54) is 0 Å². The van der Waals surface area contributed by atoms with E-state index < -0.39 is 5.54 Å². The van der Waals surface area contributed by atoms with Crippen LogP contribution in [0.5, 0.6) is 5.75 Å². The van der Waals surface area contributed by atoms with Gasteiger partial charge in [-0.3, -0.25) is 4.79 Å². The zero-order valence-electron chi connectivity index (χ0n) is 11.9. The van der Waals surface area contributed by atoms with E-state index >= 15 is 0 Å². The second kappa shape index (κ2) is 6.91. The first kappa shape index (κ1) is 16.0. The summed E-state index contributed by atoms with van der Waals surface area (Å²) in [4.78, 5) is 13.8. The number of nitrogens with zero attached hydrogens (tertiary/aromatic N) is 1. The molecule has 0 bridgehead atoms. The van der Waals surface area contributed by atoms with Crippen molar-refractivity contribution in [2.24, 2.45) is 0 Å². The molecule has 0 saturated carbocycles. The van der Waals surface area contributed by atoms with Crippen LogP contribution in [0.3, 0.4) is 0 Å². The fourth-order valence-electron chi connectivity index (χ4n) is 1.52. The first-order chi connectivity index (χ1) is 8.86. The fraction of sp³-hybridized carbons (Fsp3) is 0.500. The average molecular weight is 329 g/mol. The third-order valence-electron chi connectivity index (χ3n) is 3.02. The highest BCUT2D eigenvalue weighted by Crippen LogP contribution is 2.16. The van der Waals surface area contributed by atoms with E-state index in [4.69, 9.17) is 4.74 Å². The SMILES string of the molecule is CNC(C)(C)C(=O)N(C)CCOc1ccc(Br)cc1. The highest BCUT2D eigenvalue weighted by atomic mass is 79.9. The van der Waals surface area contributed by atoms with Crippen LogP contribution >= 0.6 is 15.9 Å². The molecule has 0 aliphatic rings. The Morgan fingerprint density at radius 2 is 1.95 bits per heavy atom. The van der Waals surface area contributed by atoms with E-state index in [-0.39, 0.29) is 5.91 Å². The molecule has 1 rings (SSSR count). The molecule has 0 aliphatic heterocycles. The number of carbonyl (C=O) groups is 1. The third kappa shape index (κ3) is 4.84. The van der Waals surface area contributed by atoms with E-state index in [1.807, 2.05) is 38.1 Å². The van der Waals surface area contributed by atoms with Crippen LogP contribution in [-0.2, 0) is 4.79 Å². The smallest absolute Gasteiger partial charge is 0.242 e. The van der Waals surface area contributed by atoms with Gasteiger partial charge >= 0.3 is 0 Å². The highest BCUT2D eigenvalue weighted by Gasteiger charge is 2.28. The Bertz CT molecular complexity index is 418. The van der Waals surface area contributed by atoms with Crippen molar-refractivity contribution in [2.45, 2.75) is 19.4 Å². The van der Waals surface area contributed by atoms with Crippen molar-refractivity contribution in [3.8, 4) is 5.75 Å². The number of hydrogen-bond donors (Lipinski definition) is 1. The van der Waals surface area contributed by atoms with E-state index in [0.29, 0.717) is 13.2 Å². The molecule has 0 radical (unpaired) electrons. The lowest BCUT2D eigenvalue weighted by Gasteiger charge is -2.28. The summed E-state index contributed by atoms with van der Waals surface area (Å²) in [5.74, 6) is 0.853. The van der Waals surface area contributed by atoms with Gasteiger partial charge in [-0.25, -0.2) is 0 Å². The van der Waals surface area contributed by atoms with Crippen molar-refractivity contribution in [2.75, 3.05) is 27.2 Å². The van der Waals surface area contributed by atoms with E-state index in [0.717, 1.165) is 10.2 Å². The molecule has 0 aromatic heterocycles. The van der Waals surface area contributed by atoms with Gasteiger partial charge in [-0.1, -0.05) is 15.9 Å². The molecule has 0 aliphatic carbocycles. The molecule has 0 saturated heterocycles. The van der Waals surface area contributed by atoms with E-state index in [2.05, 4.69) is 21.2 Å². The molecule has 4 nitrogen and oxygen atoms in total.